The third kappa shape index (κ3) is 41.7. The molecular weight excluding hydrogens is 905 g/mol. The maximum atomic E-state index is 13.2. The third-order valence-electron chi connectivity index (χ3n) is 9.64. The number of phosphoric acid groups is 2. The van der Waals surface area contributed by atoms with Crippen molar-refractivity contribution in [2.45, 2.75) is 179 Å². The number of nitrogens with two attached hydrogens (primary N) is 1. The fraction of sp³-hybridized carbons (Fsp3) is 0.756. The summed E-state index contributed by atoms with van der Waals surface area (Å²) in [6, 6.07) is -1.29. The molecule has 0 heterocycles. The number of carbonyl (C=O) groups is 3. The topological polar surface area (TPSA) is 279 Å². The highest BCUT2D eigenvalue weighted by Crippen LogP contribution is 2.44. The number of allylic oxidation sites excluding steroid dienone is 7. The maximum absolute atomic E-state index is 13.2. The molecule has 378 valence electrons. The Balaban J connectivity index is 5.42. The van der Waals surface area contributed by atoms with Gasteiger partial charge in [0.2, 0.25) is 0 Å². The lowest BCUT2D eigenvalue weighted by atomic mass is 10.0. The van der Waals surface area contributed by atoms with E-state index in [4.69, 9.17) is 34.6 Å². The number of carboxylic acids is 1. The smallest absolute Gasteiger partial charge is 0.472 e. The fourth-order valence-electron chi connectivity index (χ4n) is 5.96. The van der Waals surface area contributed by atoms with Crippen molar-refractivity contribution in [3.8, 4) is 0 Å². The first kappa shape index (κ1) is 62.8. The number of esters is 2. The summed E-state index contributed by atoms with van der Waals surface area (Å²) in [6.07, 6.45) is 28.9. The van der Waals surface area contributed by atoms with Gasteiger partial charge >= 0.3 is 33.6 Å². The summed E-state index contributed by atoms with van der Waals surface area (Å²) in [5.41, 5.74) is 6.18. The number of unbranched alkanes of at least 4 members (excludes halogenated alkanes) is 12. The van der Waals surface area contributed by atoms with E-state index < -0.39 is 89.6 Å². The Hall–Kier alpha value is -2.18. The summed E-state index contributed by atoms with van der Waals surface area (Å²) in [4.78, 5) is 64.7. The Morgan fingerprint density at radius 2 is 1.31 bits per heavy atom. The highest BCUT2D eigenvalue weighted by atomic mass is 32.2. The van der Waals surface area contributed by atoms with Gasteiger partial charge in [0.05, 0.1) is 25.9 Å². The molecule has 0 spiro atoms. The second-order valence-corrected chi connectivity index (χ2v) is 20.3. The van der Waals surface area contributed by atoms with Gasteiger partial charge in [-0.15, -0.1) is 11.8 Å². The second kappa shape index (κ2) is 39.8. The van der Waals surface area contributed by atoms with Crippen LogP contribution < -0.4 is 5.73 Å². The molecule has 0 amide bonds. The van der Waals surface area contributed by atoms with E-state index >= 15 is 0 Å². The quantitative estimate of drug-likeness (QED) is 0.00989. The van der Waals surface area contributed by atoms with Crippen molar-refractivity contribution in [1.82, 2.24) is 0 Å². The largest absolute Gasteiger partial charge is 0.481 e. The summed E-state index contributed by atoms with van der Waals surface area (Å²) in [5, 5.41) is 29.2. The normalized spacial score (nSPS) is 15.8. The molecule has 0 aliphatic rings. The van der Waals surface area contributed by atoms with Crippen LogP contribution in [0.4, 0.5) is 0 Å². The lowest BCUT2D eigenvalue weighted by Crippen LogP contribution is -2.40. The van der Waals surface area contributed by atoms with Crippen molar-refractivity contribution in [3.63, 3.8) is 0 Å². The minimum absolute atomic E-state index is 0.0696. The van der Waals surface area contributed by atoms with Gasteiger partial charge in [0.15, 0.2) is 6.10 Å². The van der Waals surface area contributed by atoms with Gasteiger partial charge in [0.1, 0.15) is 18.8 Å². The standard InChI is InChI=1S/C45H81NO16P2S/c1-4-5-6-7-8-9-10-11-15-18-21-24-29-42(41(48)28-26-30-43(49)50)65-36-40(46)45(52)62-39(35-61-64(56,57)60-33-38(47)32-59-63(53,54)55)34-58-44(51)31-25-22-19-16-13-12-14-17-20-23-27-37(2)3/h8-9,11,15,18,21,24,29,37-42,47-48H,4-7,10,12-14,16-17,19-20,22-23,25-28,30-36,46H2,1-3H3,(H,49,50)(H,56,57)(H2,53,54,55)/b9-8-,15-11-,21-18+,29-24+/t38-,39+,40-,41-,42+/m0/s1. The molecule has 65 heavy (non-hydrogen) atoms. The molecule has 0 saturated heterocycles. The molecule has 20 heteroatoms. The van der Waals surface area contributed by atoms with Gasteiger partial charge in [-0.1, -0.05) is 146 Å². The molecule has 0 radical (unpaired) electrons. The molecule has 17 nitrogen and oxygen atoms in total. The average molecular weight is 986 g/mol. The van der Waals surface area contributed by atoms with Crippen molar-refractivity contribution in [2.75, 3.05) is 32.2 Å². The average Bonchev–Trinajstić information content (AvgIpc) is 3.24. The number of aliphatic hydroxyl groups is 2. The molecule has 0 rings (SSSR count). The SMILES string of the molecule is CCCCC/C=C\C\C=C/C=C/C=C/[C@@H](SC[C@H](N)C(=O)O[C@H](COC(=O)CCCCCCCCCCCCC(C)C)COP(=O)(O)OC[C@@H](O)COP(=O)(O)O)[C@@H](O)CCCC(=O)O. The number of thioether (sulfide) groups is 1. The monoisotopic (exact) mass is 985 g/mol. The van der Waals surface area contributed by atoms with Crippen LogP contribution in [0.5, 0.6) is 0 Å². The Labute approximate surface area is 391 Å². The van der Waals surface area contributed by atoms with E-state index in [1.165, 1.54) is 57.8 Å². The van der Waals surface area contributed by atoms with E-state index in [1.807, 2.05) is 18.2 Å². The first-order chi connectivity index (χ1) is 30.8. The molecule has 0 bridgehead atoms. The van der Waals surface area contributed by atoms with Crippen LogP contribution in [0.15, 0.2) is 48.6 Å². The van der Waals surface area contributed by atoms with Gasteiger partial charge in [-0.05, 0) is 44.4 Å². The van der Waals surface area contributed by atoms with Crippen LogP contribution in [-0.2, 0) is 46.6 Å². The van der Waals surface area contributed by atoms with Crippen molar-refractivity contribution in [3.05, 3.63) is 48.6 Å². The maximum Gasteiger partial charge on any atom is 0.472 e. The fourth-order valence-corrected chi connectivity index (χ4v) is 8.24. The van der Waals surface area contributed by atoms with E-state index in [-0.39, 0.29) is 31.4 Å². The number of rotatable bonds is 43. The van der Waals surface area contributed by atoms with Gasteiger partial charge in [0, 0.05) is 23.8 Å². The number of hydrogen-bond acceptors (Lipinski definition) is 14. The molecule has 1 unspecified atom stereocenters. The highest BCUT2D eigenvalue weighted by molar-refractivity contribution is 8.00. The van der Waals surface area contributed by atoms with E-state index in [9.17, 15) is 38.6 Å². The van der Waals surface area contributed by atoms with Gasteiger partial charge < -0.3 is 45.2 Å². The first-order valence-corrected chi connectivity index (χ1v) is 27.2. The summed E-state index contributed by atoms with van der Waals surface area (Å²) >= 11 is 1.13. The Kier molecular flexibility index (Phi) is 38.4. The van der Waals surface area contributed by atoms with E-state index in [0.717, 1.165) is 56.2 Å². The molecule has 8 N–H and O–H groups in total. The molecular formula is C45H81NO16P2S. The highest BCUT2D eigenvalue weighted by Gasteiger charge is 2.30. The zero-order valence-corrected chi connectivity index (χ0v) is 41.5. The van der Waals surface area contributed by atoms with Gasteiger partial charge in [0.25, 0.3) is 0 Å². The third-order valence-corrected chi connectivity index (χ3v) is 12.5. The van der Waals surface area contributed by atoms with Crippen LogP contribution in [0.1, 0.15) is 149 Å². The number of aliphatic carboxylic acids is 1. The Morgan fingerprint density at radius 3 is 1.94 bits per heavy atom. The van der Waals surface area contributed by atoms with Crippen LogP contribution in [0.2, 0.25) is 0 Å². The predicted molar refractivity (Wildman–Crippen MR) is 254 cm³/mol. The van der Waals surface area contributed by atoms with Gasteiger partial charge in [-0.2, -0.15) is 0 Å². The zero-order chi connectivity index (χ0) is 48.8. The number of carboxylic acid groups (broad SMARTS) is 1. The summed E-state index contributed by atoms with van der Waals surface area (Å²) in [7, 11) is -9.90. The van der Waals surface area contributed by atoms with Crippen LogP contribution in [0.25, 0.3) is 0 Å². The first-order valence-electron chi connectivity index (χ1n) is 23.1. The lowest BCUT2D eigenvalue weighted by Gasteiger charge is -2.23. The zero-order valence-electron chi connectivity index (χ0n) is 38.9. The molecule has 0 aliphatic heterocycles. The van der Waals surface area contributed by atoms with Gasteiger partial charge in [-0.25, -0.2) is 9.13 Å². The molecule has 0 aromatic heterocycles. The van der Waals surface area contributed by atoms with Crippen molar-refractivity contribution < 1.29 is 76.6 Å². The minimum Gasteiger partial charge on any atom is -0.481 e. The minimum atomic E-state index is -4.97. The Bertz CT molecular complexity index is 1470. The number of ether oxygens (including phenoxy) is 2. The van der Waals surface area contributed by atoms with E-state index in [0.29, 0.717) is 6.42 Å². The molecule has 0 aromatic rings. The van der Waals surface area contributed by atoms with E-state index in [1.54, 1.807) is 18.2 Å². The number of carbonyl (C=O) groups excluding carboxylic acids is 2. The van der Waals surface area contributed by atoms with Crippen molar-refractivity contribution >= 4 is 45.3 Å². The van der Waals surface area contributed by atoms with Crippen LogP contribution >= 0.6 is 27.4 Å². The number of aliphatic hydroxyl groups excluding tert-OH is 2. The summed E-state index contributed by atoms with van der Waals surface area (Å²) in [6.45, 7) is 3.43. The van der Waals surface area contributed by atoms with E-state index in [2.05, 4.69) is 42.0 Å². The molecule has 0 aromatic carbocycles. The summed E-state index contributed by atoms with van der Waals surface area (Å²) < 4.78 is 48.0. The molecule has 6 atom stereocenters. The second-order valence-electron chi connectivity index (χ2n) is 16.4. The molecule has 0 saturated carbocycles. The number of phosphoric ester groups is 2. The Morgan fingerprint density at radius 1 is 0.692 bits per heavy atom. The lowest BCUT2D eigenvalue weighted by molar-refractivity contribution is -0.161. The van der Waals surface area contributed by atoms with Crippen LogP contribution in [0.3, 0.4) is 0 Å². The van der Waals surface area contributed by atoms with Crippen LogP contribution in [0, 0.1) is 5.92 Å². The van der Waals surface area contributed by atoms with Crippen molar-refractivity contribution in [2.24, 2.45) is 11.7 Å². The summed E-state index contributed by atoms with van der Waals surface area (Å²) in [5.74, 6) is -1.89. The predicted octanol–water partition coefficient (Wildman–Crippen LogP) is 8.62. The van der Waals surface area contributed by atoms with Gasteiger partial charge in [-0.3, -0.25) is 28.0 Å². The van der Waals surface area contributed by atoms with Crippen molar-refractivity contribution in [1.29, 1.82) is 0 Å². The van der Waals surface area contributed by atoms with Crippen LogP contribution in [-0.4, -0.2) is 110 Å². The number of hydrogen-bond donors (Lipinski definition) is 7. The molecule has 0 fully saturated rings. The molecule has 0 aliphatic carbocycles.